The number of rotatable bonds is 4. The van der Waals surface area contributed by atoms with Crippen molar-refractivity contribution in [2.75, 3.05) is 0 Å². The van der Waals surface area contributed by atoms with Gasteiger partial charge in [0, 0.05) is 26.9 Å². The maximum Gasteiger partial charge on any atom is 0.0843 e. The van der Waals surface area contributed by atoms with Crippen LogP contribution in [0, 0.1) is 0 Å². The average molecular weight is 440 g/mol. The Labute approximate surface area is 130 Å². The van der Waals surface area contributed by atoms with E-state index in [1.807, 2.05) is 6.07 Å². The lowest BCUT2D eigenvalue weighted by Crippen LogP contribution is -2.11. The molecule has 2 aromatic rings. The van der Waals surface area contributed by atoms with Crippen molar-refractivity contribution >= 4 is 59.1 Å². The molecule has 0 amide bonds. The van der Waals surface area contributed by atoms with E-state index in [4.69, 9.17) is 0 Å². The molecule has 0 aliphatic rings. The van der Waals surface area contributed by atoms with E-state index in [0.717, 1.165) is 25.8 Å². The molecule has 0 aliphatic heterocycles. The summed E-state index contributed by atoms with van der Waals surface area (Å²) in [6.45, 7) is 1.75. The molecule has 17 heavy (non-hydrogen) atoms. The van der Waals surface area contributed by atoms with Gasteiger partial charge >= 0.3 is 0 Å². The van der Waals surface area contributed by atoms with Crippen LogP contribution in [0.2, 0.25) is 0 Å². The lowest BCUT2D eigenvalue weighted by atomic mass is 10.2. The Morgan fingerprint density at radius 2 is 1.76 bits per heavy atom. The molecule has 0 aliphatic carbocycles. The predicted octanol–water partition coefficient (Wildman–Crippen LogP) is 5.33. The summed E-state index contributed by atoms with van der Waals surface area (Å²) >= 11 is 12.3. The van der Waals surface area contributed by atoms with Crippen molar-refractivity contribution in [3.8, 4) is 0 Å². The highest BCUT2D eigenvalue weighted by molar-refractivity contribution is 9.13. The first kappa shape index (κ1) is 13.7. The van der Waals surface area contributed by atoms with E-state index in [1.54, 1.807) is 11.3 Å². The van der Waals surface area contributed by atoms with E-state index in [2.05, 4.69) is 77.4 Å². The molecule has 5 heteroatoms. The van der Waals surface area contributed by atoms with Gasteiger partial charge in [0.2, 0.25) is 0 Å². The first-order valence-electron chi connectivity index (χ1n) is 5.04. The van der Waals surface area contributed by atoms with Gasteiger partial charge in [0.15, 0.2) is 0 Å². The van der Waals surface area contributed by atoms with E-state index >= 15 is 0 Å². The fourth-order valence-corrected chi connectivity index (χ4v) is 4.01. The number of thiophene rings is 1. The van der Waals surface area contributed by atoms with Gasteiger partial charge in [-0.25, -0.2) is 0 Å². The highest BCUT2D eigenvalue weighted by atomic mass is 79.9. The fraction of sp³-hybridized carbons (Fsp3) is 0.167. The summed E-state index contributed by atoms with van der Waals surface area (Å²) in [5, 5.41) is 3.44. The van der Waals surface area contributed by atoms with Crippen LogP contribution < -0.4 is 5.32 Å². The first-order chi connectivity index (χ1) is 8.16. The van der Waals surface area contributed by atoms with Crippen LogP contribution in [0.15, 0.2) is 43.1 Å². The SMILES string of the molecule is Brc1ccccc1CNCc1cc(Br)c(Br)s1. The molecule has 1 heterocycles. The smallest absolute Gasteiger partial charge is 0.0843 e. The Balaban J connectivity index is 1.90. The van der Waals surface area contributed by atoms with Crippen LogP contribution in [-0.4, -0.2) is 0 Å². The van der Waals surface area contributed by atoms with E-state index < -0.39 is 0 Å². The zero-order valence-corrected chi connectivity index (χ0v) is 14.4. The summed E-state index contributed by atoms with van der Waals surface area (Å²) < 4.78 is 3.43. The van der Waals surface area contributed by atoms with E-state index in [9.17, 15) is 0 Å². The number of nitrogens with one attached hydrogen (secondary N) is 1. The monoisotopic (exact) mass is 437 g/mol. The zero-order valence-electron chi connectivity index (χ0n) is 8.84. The normalized spacial score (nSPS) is 10.8. The summed E-state index contributed by atoms with van der Waals surface area (Å²) in [6.07, 6.45) is 0. The number of hydrogen-bond acceptors (Lipinski definition) is 2. The Bertz CT molecular complexity index is 491. The zero-order chi connectivity index (χ0) is 12.3. The maximum atomic E-state index is 3.55. The third-order valence-corrected chi connectivity index (χ3v) is 6.30. The molecule has 0 spiro atoms. The van der Waals surface area contributed by atoms with Crippen LogP contribution in [0.5, 0.6) is 0 Å². The summed E-state index contributed by atoms with van der Waals surface area (Å²) in [6, 6.07) is 10.4. The topological polar surface area (TPSA) is 12.0 Å². The minimum Gasteiger partial charge on any atom is -0.308 e. The summed E-state index contributed by atoms with van der Waals surface area (Å²) in [7, 11) is 0. The van der Waals surface area contributed by atoms with Gasteiger partial charge in [-0.3, -0.25) is 0 Å². The fourth-order valence-electron chi connectivity index (χ4n) is 1.44. The Morgan fingerprint density at radius 3 is 2.41 bits per heavy atom. The summed E-state index contributed by atoms with van der Waals surface area (Å²) in [5.41, 5.74) is 1.28. The largest absolute Gasteiger partial charge is 0.308 e. The van der Waals surface area contributed by atoms with Crippen LogP contribution in [0.25, 0.3) is 0 Å². The molecule has 90 valence electrons. The van der Waals surface area contributed by atoms with Crippen LogP contribution in [-0.2, 0) is 13.1 Å². The highest BCUT2D eigenvalue weighted by Crippen LogP contribution is 2.32. The second kappa shape index (κ2) is 6.48. The van der Waals surface area contributed by atoms with E-state index in [1.165, 1.54) is 10.4 Å². The second-order valence-electron chi connectivity index (χ2n) is 3.53. The lowest BCUT2D eigenvalue weighted by molar-refractivity contribution is 0.699. The molecule has 0 atom stereocenters. The Morgan fingerprint density at radius 1 is 1.00 bits per heavy atom. The summed E-state index contributed by atoms with van der Waals surface area (Å²) in [5.74, 6) is 0. The van der Waals surface area contributed by atoms with Gasteiger partial charge in [-0.15, -0.1) is 11.3 Å². The second-order valence-corrected chi connectivity index (χ2v) is 7.69. The van der Waals surface area contributed by atoms with Crippen LogP contribution in [0.1, 0.15) is 10.4 Å². The molecule has 0 unspecified atom stereocenters. The summed E-state index contributed by atoms with van der Waals surface area (Å²) in [4.78, 5) is 1.32. The van der Waals surface area contributed by atoms with Crippen molar-refractivity contribution in [3.05, 3.63) is 53.5 Å². The molecule has 1 aromatic heterocycles. The first-order valence-corrected chi connectivity index (χ1v) is 8.24. The molecule has 0 saturated carbocycles. The molecule has 1 N–H and O–H groups in total. The molecule has 0 fully saturated rings. The van der Waals surface area contributed by atoms with Crippen molar-refractivity contribution in [3.63, 3.8) is 0 Å². The Hall–Kier alpha value is 0.320. The third-order valence-electron chi connectivity index (χ3n) is 2.27. The van der Waals surface area contributed by atoms with Crippen molar-refractivity contribution in [1.29, 1.82) is 0 Å². The maximum absolute atomic E-state index is 3.55. The number of halogens is 3. The van der Waals surface area contributed by atoms with Crippen LogP contribution in [0.4, 0.5) is 0 Å². The van der Waals surface area contributed by atoms with Gasteiger partial charge in [0.25, 0.3) is 0 Å². The number of hydrogen-bond donors (Lipinski definition) is 1. The van der Waals surface area contributed by atoms with Crippen molar-refractivity contribution in [2.45, 2.75) is 13.1 Å². The van der Waals surface area contributed by atoms with Crippen molar-refractivity contribution in [1.82, 2.24) is 5.32 Å². The quantitative estimate of drug-likeness (QED) is 0.679. The standard InChI is InChI=1S/C12H10Br3NS/c13-10-4-2-1-3-8(10)6-16-7-9-5-11(14)12(15)17-9/h1-5,16H,6-7H2. The van der Waals surface area contributed by atoms with Gasteiger partial charge in [-0.1, -0.05) is 34.1 Å². The molecular weight excluding hydrogens is 430 g/mol. The van der Waals surface area contributed by atoms with Gasteiger partial charge < -0.3 is 5.32 Å². The average Bonchev–Trinajstić information content (AvgIpc) is 2.61. The molecule has 0 radical (unpaired) electrons. The molecule has 1 nitrogen and oxygen atoms in total. The van der Waals surface area contributed by atoms with Gasteiger partial charge in [0.05, 0.1) is 3.79 Å². The van der Waals surface area contributed by atoms with E-state index in [-0.39, 0.29) is 0 Å². The molecule has 0 saturated heterocycles. The minimum atomic E-state index is 0.870. The molecule has 0 bridgehead atoms. The van der Waals surface area contributed by atoms with Crippen LogP contribution >= 0.6 is 59.1 Å². The van der Waals surface area contributed by atoms with Gasteiger partial charge in [0.1, 0.15) is 0 Å². The molecular formula is C12H10Br3NS. The highest BCUT2D eigenvalue weighted by Gasteiger charge is 2.04. The minimum absolute atomic E-state index is 0.870. The lowest BCUT2D eigenvalue weighted by Gasteiger charge is -2.05. The van der Waals surface area contributed by atoms with E-state index in [0.29, 0.717) is 0 Å². The number of benzene rings is 1. The van der Waals surface area contributed by atoms with Crippen LogP contribution in [0.3, 0.4) is 0 Å². The molecule has 2 rings (SSSR count). The van der Waals surface area contributed by atoms with Crippen molar-refractivity contribution < 1.29 is 0 Å². The van der Waals surface area contributed by atoms with Gasteiger partial charge in [-0.05, 0) is 49.6 Å². The molecule has 1 aromatic carbocycles. The van der Waals surface area contributed by atoms with Crippen molar-refractivity contribution in [2.24, 2.45) is 0 Å². The third kappa shape index (κ3) is 3.89. The predicted molar refractivity (Wildman–Crippen MR) is 84.4 cm³/mol. The Kier molecular flexibility index (Phi) is 5.24. The van der Waals surface area contributed by atoms with Gasteiger partial charge in [-0.2, -0.15) is 0 Å².